The maximum atomic E-state index is 13.1. The highest BCUT2D eigenvalue weighted by atomic mass is 32.2. The second-order valence-electron chi connectivity index (χ2n) is 5.95. The quantitative estimate of drug-likeness (QED) is 0.684. The van der Waals surface area contributed by atoms with E-state index in [4.69, 9.17) is 18.9 Å². The van der Waals surface area contributed by atoms with E-state index in [9.17, 15) is 8.42 Å². The Kier molecular flexibility index (Phi) is 6.56. The van der Waals surface area contributed by atoms with Crippen LogP contribution in [0.25, 0.3) is 0 Å². The Morgan fingerprint density at radius 1 is 0.852 bits per heavy atom. The zero-order valence-electron chi connectivity index (χ0n) is 16.4. The molecule has 2 aromatic rings. The molecule has 0 atom stereocenters. The Morgan fingerprint density at radius 2 is 1.41 bits per heavy atom. The average Bonchev–Trinajstić information content (AvgIpc) is 2.66. The average molecular weight is 395 g/mol. The minimum absolute atomic E-state index is 0.121. The summed E-state index contributed by atoms with van der Waals surface area (Å²) in [7, 11) is 3.74. The number of ether oxygens (including phenoxy) is 4. The summed E-state index contributed by atoms with van der Waals surface area (Å²) in [6.07, 6.45) is 0. The van der Waals surface area contributed by atoms with Gasteiger partial charge >= 0.3 is 0 Å². The van der Waals surface area contributed by atoms with Crippen molar-refractivity contribution in [1.82, 2.24) is 4.31 Å². The first-order valence-corrected chi connectivity index (χ1v) is 9.62. The zero-order chi connectivity index (χ0) is 20.2. The molecule has 8 heteroatoms. The van der Waals surface area contributed by atoms with Crippen LogP contribution in [0.15, 0.2) is 35.2 Å². The van der Waals surface area contributed by atoms with Gasteiger partial charge in [-0.15, -0.1) is 0 Å². The Morgan fingerprint density at radius 3 is 1.89 bits per heavy atom. The molecule has 2 rings (SSSR count). The van der Waals surface area contributed by atoms with E-state index in [0.29, 0.717) is 28.6 Å². The topological polar surface area (TPSA) is 74.3 Å². The number of hydrogen-bond donors (Lipinski definition) is 0. The van der Waals surface area contributed by atoms with Crippen molar-refractivity contribution in [2.75, 3.05) is 35.5 Å². The molecule has 0 fully saturated rings. The highest BCUT2D eigenvalue weighted by Gasteiger charge is 2.26. The molecular formula is C19H25NO6S. The van der Waals surface area contributed by atoms with Gasteiger partial charge in [0, 0.05) is 13.6 Å². The van der Waals surface area contributed by atoms with Gasteiger partial charge < -0.3 is 18.9 Å². The van der Waals surface area contributed by atoms with Gasteiger partial charge in [-0.2, -0.15) is 4.31 Å². The molecule has 0 radical (unpaired) electrons. The lowest BCUT2D eigenvalue weighted by Gasteiger charge is -2.20. The number of sulfonamides is 1. The van der Waals surface area contributed by atoms with Gasteiger partial charge in [0.1, 0.15) is 10.6 Å². The lowest BCUT2D eigenvalue weighted by atomic mass is 10.2. The van der Waals surface area contributed by atoms with Gasteiger partial charge in [0.2, 0.25) is 15.8 Å². The van der Waals surface area contributed by atoms with Crippen LogP contribution in [0, 0.1) is 6.92 Å². The van der Waals surface area contributed by atoms with Crippen molar-refractivity contribution in [3.8, 4) is 23.0 Å². The second-order valence-corrected chi connectivity index (χ2v) is 7.96. The van der Waals surface area contributed by atoms with Crippen LogP contribution in [-0.2, 0) is 16.6 Å². The third-order valence-corrected chi connectivity index (χ3v) is 5.96. The van der Waals surface area contributed by atoms with Crippen LogP contribution >= 0.6 is 0 Å². The SMILES string of the molecule is COc1ccc(C)cc1S(=O)(=O)N(C)Cc1cc(OC)c(OC)c(OC)c1. The van der Waals surface area contributed by atoms with Crippen molar-refractivity contribution in [3.63, 3.8) is 0 Å². The number of aryl methyl sites for hydroxylation is 1. The molecule has 0 bridgehead atoms. The molecule has 7 nitrogen and oxygen atoms in total. The van der Waals surface area contributed by atoms with Gasteiger partial charge in [-0.3, -0.25) is 0 Å². The number of hydrogen-bond acceptors (Lipinski definition) is 6. The molecule has 0 unspecified atom stereocenters. The predicted molar refractivity (Wildman–Crippen MR) is 102 cm³/mol. The van der Waals surface area contributed by atoms with Crippen LogP contribution in [0.5, 0.6) is 23.0 Å². The van der Waals surface area contributed by atoms with E-state index in [1.54, 1.807) is 30.3 Å². The second kappa shape index (κ2) is 8.49. The summed E-state index contributed by atoms with van der Waals surface area (Å²) in [5.41, 5.74) is 1.53. The summed E-state index contributed by atoms with van der Waals surface area (Å²) in [4.78, 5) is 0.125. The molecule has 0 aliphatic rings. The van der Waals surface area contributed by atoms with E-state index < -0.39 is 10.0 Å². The Labute approximate surface area is 160 Å². The van der Waals surface area contributed by atoms with E-state index in [0.717, 1.165) is 5.56 Å². The van der Waals surface area contributed by atoms with Crippen LogP contribution in [-0.4, -0.2) is 48.2 Å². The summed E-state index contributed by atoms with van der Waals surface area (Å²) < 4.78 is 48.6. The fraction of sp³-hybridized carbons (Fsp3) is 0.368. The Hall–Kier alpha value is -2.45. The molecule has 0 heterocycles. The molecule has 0 aromatic heterocycles. The fourth-order valence-electron chi connectivity index (χ4n) is 2.72. The minimum Gasteiger partial charge on any atom is -0.495 e. The summed E-state index contributed by atoms with van der Waals surface area (Å²) in [6, 6.07) is 8.49. The normalized spacial score (nSPS) is 11.4. The maximum Gasteiger partial charge on any atom is 0.246 e. The lowest BCUT2D eigenvalue weighted by molar-refractivity contribution is 0.323. The number of benzene rings is 2. The first-order valence-electron chi connectivity index (χ1n) is 8.18. The van der Waals surface area contributed by atoms with Crippen molar-refractivity contribution < 1.29 is 27.4 Å². The molecule has 0 spiro atoms. The third-order valence-electron chi connectivity index (χ3n) is 4.14. The van der Waals surface area contributed by atoms with Crippen LogP contribution in [0.2, 0.25) is 0 Å². The molecule has 2 aromatic carbocycles. The molecule has 0 amide bonds. The van der Waals surface area contributed by atoms with Crippen LogP contribution in [0.1, 0.15) is 11.1 Å². The monoisotopic (exact) mass is 395 g/mol. The molecule has 0 saturated heterocycles. The van der Waals surface area contributed by atoms with Gasteiger partial charge in [0.15, 0.2) is 11.5 Å². The van der Waals surface area contributed by atoms with Crippen LogP contribution in [0.3, 0.4) is 0 Å². The molecule has 0 saturated carbocycles. The molecule has 0 aliphatic carbocycles. The molecule has 27 heavy (non-hydrogen) atoms. The van der Waals surface area contributed by atoms with E-state index in [2.05, 4.69) is 0 Å². The van der Waals surface area contributed by atoms with E-state index in [1.807, 2.05) is 6.92 Å². The van der Waals surface area contributed by atoms with Gasteiger partial charge in [0.05, 0.1) is 28.4 Å². The zero-order valence-corrected chi connectivity index (χ0v) is 17.2. The van der Waals surface area contributed by atoms with E-state index >= 15 is 0 Å². The standard InChI is InChI=1S/C19H25NO6S/c1-13-7-8-15(23-3)18(9-13)27(21,22)20(2)12-14-10-16(24-4)19(26-6)17(11-14)25-5/h7-11H,12H2,1-6H3. The number of nitrogens with zero attached hydrogens (tertiary/aromatic N) is 1. The van der Waals surface area contributed by atoms with Crippen molar-refractivity contribution in [3.05, 3.63) is 41.5 Å². The van der Waals surface area contributed by atoms with Gasteiger partial charge in [-0.05, 0) is 42.3 Å². The molecule has 148 valence electrons. The van der Waals surface area contributed by atoms with Crippen LogP contribution in [0.4, 0.5) is 0 Å². The van der Waals surface area contributed by atoms with Gasteiger partial charge in [-0.1, -0.05) is 6.07 Å². The summed E-state index contributed by atoms with van der Waals surface area (Å²) in [5.74, 6) is 1.68. The summed E-state index contributed by atoms with van der Waals surface area (Å²) >= 11 is 0. The molecular weight excluding hydrogens is 370 g/mol. The molecule has 0 aliphatic heterocycles. The maximum absolute atomic E-state index is 13.1. The van der Waals surface area contributed by atoms with E-state index in [-0.39, 0.29) is 11.4 Å². The van der Waals surface area contributed by atoms with E-state index in [1.165, 1.54) is 39.8 Å². The van der Waals surface area contributed by atoms with Crippen molar-refractivity contribution in [2.45, 2.75) is 18.4 Å². The number of rotatable bonds is 8. The Balaban J connectivity index is 2.42. The third kappa shape index (κ3) is 4.28. The molecule has 0 N–H and O–H groups in total. The summed E-state index contributed by atoms with van der Waals surface area (Å²) in [5, 5.41) is 0. The smallest absolute Gasteiger partial charge is 0.246 e. The minimum atomic E-state index is -3.76. The largest absolute Gasteiger partial charge is 0.495 e. The predicted octanol–water partition coefficient (Wildman–Crippen LogP) is 2.85. The first-order chi connectivity index (χ1) is 12.8. The highest BCUT2D eigenvalue weighted by molar-refractivity contribution is 7.89. The highest BCUT2D eigenvalue weighted by Crippen LogP contribution is 2.39. The van der Waals surface area contributed by atoms with Crippen molar-refractivity contribution >= 4 is 10.0 Å². The lowest BCUT2D eigenvalue weighted by Crippen LogP contribution is -2.27. The first kappa shape index (κ1) is 20.9. The summed E-state index contributed by atoms with van der Waals surface area (Å²) in [6.45, 7) is 1.95. The Bertz CT molecular complexity index is 885. The van der Waals surface area contributed by atoms with Crippen LogP contribution < -0.4 is 18.9 Å². The van der Waals surface area contributed by atoms with Crippen molar-refractivity contribution in [2.24, 2.45) is 0 Å². The van der Waals surface area contributed by atoms with Gasteiger partial charge in [-0.25, -0.2) is 8.42 Å². The van der Waals surface area contributed by atoms with Crippen molar-refractivity contribution in [1.29, 1.82) is 0 Å². The fourth-order valence-corrected chi connectivity index (χ4v) is 4.12. The number of methoxy groups -OCH3 is 4. The van der Waals surface area contributed by atoms with Gasteiger partial charge in [0.25, 0.3) is 0 Å².